The average molecular weight is 501 g/mol. The number of carbonyl (C=O) groups is 1. The van der Waals surface area contributed by atoms with Crippen molar-refractivity contribution in [3.63, 3.8) is 0 Å². The van der Waals surface area contributed by atoms with Gasteiger partial charge in [-0.15, -0.1) is 0 Å². The predicted octanol–water partition coefficient (Wildman–Crippen LogP) is 4.98. The van der Waals surface area contributed by atoms with Gasteiger partial charge in [-0.2, -0.15) is 0 Å². The number of ether oxygens (including phenoxy) is 1. The number of carbonyl (C=O) groups excluding carboxylic acids is 1. The zero-order valence-corrected chi connectivity index (χ0v) is 21.4. The molecule has 3 heterocycles. The summed E-state index contributed by atoms with van der Waals surface area (Å²) in [7, 11) is 0. The predicted molar refractivity (Wildman–Crippen MR) is 133 cm³/mol. The molecule has 0 bridgehead atoms. The maximum Gasteiger partial charge on any atom is 0.410 e. The van der Waals surface area contributed by atoms with Crippen molar-refractivity contribution in [1.29, 1.82) is 0 Å². The Balaban J connectivity index is 1.33. The van der Waals surface area contributed by atoms with E-state index in [9.17, 15) is 13.6 Å². The zero-order valence-electron chi connectivity index (χ0n) is 21.4. The number of piperidine rings is 1. The molecule has 0 radical (unpaired) electrons. The molecule has 2 aromatic rings. The van der Waals surface area contributed by atoms with Gasteiger partial charge >= 0.3 is 6.09 Å². The average Bonchev–Trinajstić information content (AvgIpc) is 2.80. The quantitative estimate of drug-likeness (QED) is 0.413. The Kier molecular flexibility index (Phi) is 7.59. The third-order valence-corrected chi connectivity index (χ3v) is 6.57. The molecule has 1 aromatic carbocycles. The number of aromatic nitrogens is 1. The van der Waals surface area contributed by atoms with Gasteiger partial charge in [-0.25, -0.2) is 13.6 Å². The lowest BCUT2D eigenvalue weighted by Gasteiger charge is -2.53. The number of pyridine rings is 1. The normalized spacial score (nSPS) is 18.2. The number of nitrogens with zero attached hydrogens (tertiary/aromatic N) is 4. The zero-order chi connectivity index (χ0) is 25.9. The Morgan fingerprint density at radius 2 is 1.83 bits per heavy atom. The Morgan fingerprint density at radius 1 is 1.11 bits per heavy atom. The van der Waals surface area contributed by atoms with E-state index in [-0.39, 0.29) is 11.5 Å². The Morgan fingerprint density at radius 3 is 2.42 bits per heavy atom. The van der Waals surface area contributed by atoms with Crippen molar-refractivity contribution in [2.45, 2.75) is 52.7 Å². The van der Waals surface area contributed by atoms with E-state index in [0.717, 1.165) is 63.3 Å². The first-order chi connectivity index (χ1) is 17.1. The minimum Gasteiger partial charge on any atom is -0.444 e. The summed E-state index contributed by atoms with van der Waals surface area (Å²) in [5, 5.41) is 4.09. The van der Waals surface area contributed by atoms with Gasteiger partial charge in [0.25, 0.3) is 0 Å². The van der Waals surface area contributed by atoms with Crippen molar-refractivity contribution in [1.82, 2.24) is 14.8 Å². The molecule has 0 atom stereocenters. The van der Waals surface area contributed by atoms with Gasteiger partial charge in [-0.1, -0.05) is 11.2 Å². The molecule has 1 aromatic heterocycles. The number of hydrogen-bond acceptors (Lipinski definition) is 6. The molecule has 1 spiro atoms. The molecule has 9 heteroatoms. The number of oxime groups is 1. The molecule has 36 heavy (non-hydrogen) atoms. The minimum absolute atomic E-state index is 0.199. The van der Waals surface area contributed by atoms with Crippen molar-refractivity contribution < 1.29 is 23.1 Å². The lowest BCUT2D eigenvalue weighted by Crippen LogP contribution is -2.62. The summed E-state index contributed by atoms with van der Waals surface area (Å²) < 4.78 is 32.7. The molecule has 7 nitrogen and oxygen atoms in total. The molecule has 0 aliphatic carbocycles. The van der Waals surface area contributed by atoms with Gasteiger partial charge in [0.2, 0.25) is 0 Å². The number of rotatable bonds is 6. The molecule has 0 unspecified atom stereocenters. The fourth-order valence-electron chi connectivity index (χ4n) is 4.66. The van der Waals surface area contributed by atoms with Crippen molar-refractivity contribution in [2.75, 3.05) is 32.8 Å². The fourth-order valence-corrected chi connectivity index (χ4v) is 4.66. The van der Waals surface area contributed by atoms with E-state index in [1.807, 2.05) is 32.9 Å². The third-order valence-electron chi connectivity index (χ3n) is 6.57. The smallest absolute Gasteiger partial charge is 0.410 e. The summed E-state index contributed by atoms with van der Waals surface area (Å²) in [4.78, 5) is 26.2. The molecule has 2 saturated heterocycles. The van der Waals surface area contributed by atoms with E-state index in [0.29, 0.717) is 23.6 Å². The largest absolute Gasteiger partial charge is 0.444 e. The van der Waals surface area contributed by atoms with Gasteiger partial charge in [-0.3, -0.25) is 9.88 Å². The van der Waals surface area contributed by atoms with Crippen LogP contribution in [0.5, 0.6) is 0 Å². The summed E-state index contributed by atoms with van der Waals surface area (Å²) in [5.41, 5.74) is 2.04. The van der Waals surface area contributed by atoms with Crippen molar-refractivity contribution in [2.24, 2.45) is 10.6 Å². The van der Waals surface area contributed by atoms with Crippen LogP contribution in [0.25, 0.3) is 0 Å². The first-order valence-electron chi connectivity index (χ1n) is 12.4. The highest BCUT2D eigenvalue weighted by Crippen LogP contribution is 2.41. The Hall–Kier alpha value is -3.07. The number of amides is 1. The molecule has 0 N–H and O–H groups in total. The van der Waals surface area contributed by atoms with Crippen molar-refractivity contribution >= 4 is 11.8 Å². The molecule has 2 aliphatic rings. The van der Waals surface area contributed by atoms with E-state index in [1.165, 1.54) is 6.07 Å². The second kappa shape index (κ2) is 10.5. The van der Waals surface area contributed by atoms with Crippen LogP contribution < -0.4 is 0 Å². The topological polar surface area (TPSA) is 67.3 Å². The summed E-state index contributed by atoms with van der Waals surface area (Å²) in [6, 6.07) is 7.42. The number of likely N-dealkylation sites (tertiary alicyclic amines) is 2. The van der Waals surface area contributed by atoms with Gasteiger partial charge < -0.3 is 14.5 Å². The summed E-state index contributed by atoms with van der Waals surface area (Å²) in [6.07, 6.45) is 3.64. The lowest BCUT2D eigenvalue weighted by molar-refractivity contribution is -0.0601. The number of halogens is 2. The number of benzene rings is 1. The maximum atomic E-state index is 13.8. The van der Waals surface area contributed by atoms with Crippen molar-refractivity contribution in [3.05, 3.63) is 65.0 Å². The highest BCUT2D eigenvalue weighted by molar-refractivity contribution is 6.11. The van der Waals surface area contributed by atoms with E-state index in [2.05, 4.69) is 15.0 Å². The first kappa shape index (κ1) is 26.0. The summed E-state index contributed by atoms with van der Waals surface area (Å²) in [5.74, 6) is -1.86. The van der Waals surface area contributed by atoms with Crippen LogP contribution in [0.2, 0.25) is 0 Å². The van der Waals surface area contributed by atoms with Crippen LogP contribution in [0.15, 0.2) is 41.7 Å². The van der Waals surface area contributed by atoms with Gasteiger partial charge in [0.1, 0.15) is 17.9 Å². The Labute approximate surface area is 211 Å². The molecule has 2 aliphatic heterocycles. The van der Waals surface area contributed by atoms with E-state index >= 15 is 0 Å². The standard InChI is InChI=1S/C27H34F2N4O3/c1-5-35-31-24(20-7-8-21(28)22(29)14-20)23-9-6-19(15-30-23)16-32-12-10-27(11-13-32)17-33(18-27)25(34)36-26(2,3)4/h6-9,14-15H,5,10-13,16-18H2,1-4H3. The second-order valence-electron chi connectivity index (χ2n) is 10.7. The highest BCUT2D eigenvalue weighted by atomic mass is 19.2. The molecule has 4 rings (SSSR count). The van der Waals surface area contributed by atoms with Crippen LogP contribution in [0.3, 0.4) is 0 Å². The minimum atomic E-state index is -0.947. The highest BCUT2D eigenvalue weighted by Gasteiger charge is 2.47. The number of hydrogen-bond donors (Lipinski definition) is 0. The van der Waals surface area contributed by atoms with Crippen LogP contribution in [-0.2, 0) is 16.1 Å². The molecular weight excluding hydrogens is 466 g/mol. The second-order valence-corrected chi connectivity index (χ2v) is 10.7. The molecule has 0 saturated carbocycles. The maximum absolute atomic E-state index is 13.8. The van der Waals surface area contributed by atoms with Crippen LogP contribution in [0.1, 0.15) is 57.4 Å². The van der Waals surface area contributed by atoms with E-state index in [1.54, 1.807) is 18.0 Å². The van der Waals surface area contributed by atoms with Gasteiger partial charge in [-0.05, 0) is 83.5 Å². The van der Waals surface area contributed by atoms with Crippen LogP contribution in [0, 0.1) is 17.0 Å². The molecule has 2 fully saturated rings. The van der Waals surface area contributed by atoms with Crippen LogP contribution >= 0.6 is 0 Å². The Bertz CT molecular complexity index is 1100. The SMILES string of the molecule is CCON=C(c1ccc(F)c(F)c1)c1ccc(CN2CCC3(CC2)CN(C(=O)OC(C)(C)C)C3)cn1. The molecule has 1 amide bonds. The lowest BCUT2D eigenvalue weighted by atomic mass is 9.72. The van der Waals surface area contributed by atoms with Crippen molar-refractivity contribution in [3.8, 4) is 0 Å². The van der Waals surface area contributed by atoms with E-state index < -0.39 is 17.2 Å². The van der Waals surface area contributed by atoms with Crippen LogP contribution in [-0.4, -0.2) is 65.0 Å². The summed E-state index contributed by atoms with van der Waals surface area (Å²) in [6.45, 7) is 12.0. The van der Waals surface area contributed by atoms with Crippen LogP contribution in [0.4, 0.5) is 13.6 Å². The molecule has 194 valence electrons. The van der Waals surface area contributed by atoms with Gasteiger partial charge in [0, 0.05) is 36.8 Å². The van der Waals surface area contributed by atoms with E-state index in [4.69, 9.17) is 9.57 Å². The van der Waals surface area contributed by atoms with Gasteiger partial charge in [0.15, 0.2) is 11.6 Å². The van der Waals surface area contributed by atoms with Gasteiger partial charge in [0.05, 0.1) is 5.69 Å². The summed E-state index contributed by atoms with van der Waals surface area (Å²) >= 11 is 0. The monoisotopic (exact) mass is 500 g/mol. The molecular formula is C27H34F2N4O3. The fraction of sp³-hybridized carbons (Fsp3) is 0.519. The first-order valence-corrected chi connectivity index (χ1v) is 12.4. The third kappa shape index (κ3) is 6.19.